The molecule has 0 saturated heterocycles. The predicted molar refractivity (Wildman–Crippen MR) is 128 cm³/mol. The number of ether oxygens (including phenoxy) is 2. The molecule has 2 fully saturated rings. The Bertz CT molecular complexity index is 670. The van der Waals surface area contributed by atoms with Crippen molar-refractivity contribution in [3.63, 3.8) is 0 Å². The van der Waals surface area contributed by atoms with Crippen LogP contribution >= 0.6 is 11.8 Å². The molecular formula is C26H42O4S. The Kier molecular flexibility index (Phi) is 7.52. The Morgan fingerprint density at radius 2 is 0.935 bits per heavy atom. The van der Waals surface area contributed by atoms with E-state index in [1.165, 1.54) is 36.8 Å². The summed E-state index contributed by atoms with van der Waals surface area (Å²) in [7, 11) is 0. The summed E-state index contributed by atoms with van der Waals surface area (Å²) in [5.41, 5.74) is 1.76. The summed E-state index contributed by atoms with van der Waals surface area (Å²) in [4.78, 5) is 23.8. The van der Waals surface area contributed by atoms with E-state index in [-0.39, 0.29) is 33.6 Å². The zero-order valence-corrected chi connectivity index (χ0v) is 22.0. The van der Waals surface area contributed by atoms with Crippen molar-refractivity contribution in [2.24, 2.45) is 21.7 Å². The van der Waals surface area contributed by atoms with Gasteiger partial charge in [-0.05, 0) is 59.5 Å². The molecule has 0 aromatic heterocycles. The second-order valence-electron chi connectivity index (χ2n) is 11.8. The predicted octanol–water partition coefficient (Wildman–Crippen LogP) is 7.04. The number of allylic oxidation sites excluding steroid dienone is 2. The minimum Gasteiger partial charge on any atom is -0.447 e. The van der Waals surface area contributed by atoms with Crippen LogP contribution in [0.2, 0.25) is 0 Å². The molecule has 2 aliphatic rings. The number of esters is 2. The lowest BCUT2D eigenvalue weighted by Gasteiger charge is -2.31. The highest BCUT2D eigenvalue weighted by Crippen LogP contribution is 2.55. The molecule has 0 N–H and O–H groups in total. The van der Waals surface area contributed by atoms with Crippen LogP contribution in [-0.4, -0.2) is 22.8 Å². The van der Waals surface area contributed by atoms with Gasteiger partial charge in [-0.3, -0.25) is 9.59 Å². The molecule has 0 radical (unpaired) electrons. The van der Waals surface area contributed by atoms with Gasteiger partial charge in [0.2, 0.25) is 0 Å². The second-order valence-corrected chi connectivity index (χ2v) is 13.0. The fourth-order valence-electron chi connectivity index (χ4n) is 5.46. The standard InChI is InChI=1S/C26H42O4S/c1-17(27)29-21(15-19-23(3,4)11-12-24(19,5)6)31-22(30-18(2)28)16-20-25(7,8)13-14-26(20,9)10/h15-16,21-22H,11-14H2,1-10H3. The zero-order chi connectivity index (χ0) is 23.8. The molecule has 0 heterocycles. The lowest BCUT2D eigenvalue weighted by atomic mass is 9.78. The van der Waals surface area contributed by atoms with Crippen LogP contribution in [0.1, 0.15) is 94.9 Å². The van der Waals surface area contributed by atoms with Gasteiger partial charge >= 0.3 is 11.9 Å². The lowest BCUT2D eigenvalue weighted by Crippen LogP contribution is -2.24. The van der Waals surface area contributed by atoms with Gasteiger partial charge in [-0.2, -0.15) is 0 Å². The van der Waals surface area contributed by atoms with Crippen LogP contribution in [0.5, 0.6) is 0 Å². The Balaban J connectivity index is 2.43. The Morgan fingerprint density at radius 1 is 0.677 bits per heavy atom. The first-order valence-electron chi connectivity index (χ1n) is 11.4. The number of thioether (sulfide) groups is 1. The van der Waals surface area contributed by atoms with Gasteiger partial charge in [-0.1, -0.05) is 78.3 Å². The second kappa shape index (κ2) is 8.96. The minimum absolute atomic E-state index is 0.0489. The molecule has 0 aromatic rings. The first-order valence-corrected chi connectivity index (χ1v) is 12.4. The van der Waals surface area contributed by atoms with Crippen LogP contribution in [0.3, 0.4) is 0 Å². The van der Waals surface area contributed by atoms with Gasteiger partial charge in [0, 0.05) is 13.8 Å². The van der Waals surface area contributed by atoms with Gasteiger partial charge in [-0.25, -0.2) is 0 Å². The number of hydrogen-bond donors (Lipinski definition) is 0. The van der Waals surface area contributed by atoms with Crippen LogP contribution in [0.25, 0.3) is 0 Å². The molecule has 0 amide bonds. The van der Waals surface area contributed by atoms with Crippen molar-refractivity contribution in [2.75, 3.05) is 0 Å². The molecule has 176 valence electrons. The van der Waals surface area contributed by atoms with Gasteiger partial charge < -0.3 is 9.47 Å². The van der Waals surface area contributed by atoms with Crippen LogP contribution in [0, 0.1) is 21.7 Å². The van der Waals surface area contributed by atoms with Crippen molar-refractivity contribution < 1.29 is 19.1 Å². The van der Waals surface area contributed by atoms with Crippen molar-refractivity contribution in [1.82, 2.24) is 0 Å². The highest BCUT2D eigenvalue weighted by atomic mass is 32.2. The summed E-state index contributed by atoms with van der Waals surface area (Å²) in [5, 5.41) is 0. The zero-order valence-electron chi connectivity index (χ0n) is 21.2. The number of hydrogen-bond acceptors (Lipinski definition) is 5. The maximum absolute atomic E-state index is 11.9. The lowest BCUT2D eigenvalue weighted by molar-refractivity contribution is -0.141. The molecule has 0 bridgehead atoms. The molecule has 0 spiro atoms. The molecular weight excluding hydrogens is 408 g/mol. The average molecular weight is 451 g/mol. The molecule has 2 atom stereocenters. The summed E-state index contributed by atoms with van der Waals surface area (Å²) >= 11 is 1.38. The molecule has 5 heteroatoms. The van der Waals surface area contributed by atoms with E-state index in [0.717, 1.165) is 25.7 Å². The van der Waals surface area contributed by atoms with Gasteiger partial charge in [0.1, 0.15) is 0 Å². The molecule has 4 nitrogen and oxygen atoms in total. The van der Waals surface area contributed by atoms with E-state index < -0.39 is 10.9 Å². The molecule has 2 unspecified atom stereocenters. The van der Waals surface area contributed by atoms with Gasteiger partial charge in [0.05, 0.1) is 0 Å². The summed E-state index contributed by atoms with van der Waals surface area (Å²) in [6, 6.07) is 0. The molecule has 2 saturated carbocycles. The van der Waals surface area contributed by atoms with E-state index in [0.29, 0.717) is 0 Å². The Hall–Kier alpha value is -1.23. The number of rotatable bonds is 6. The summed E-state index contributed by atoms with van der Waals surface area (Å²) in [5.74, 6) is -0.669. The summed E-state index contributed by atoms with van der Waals surface area (Å²) in [6.07, 6.45) is 8.59. The number of carbonyl (C=O) groups is 2. The fourth-order valence-corrected chi connectivity index (χ4v) is 6.53. The number of carbonyl (C=O) groups excluding carboxylic acids is 2. The highest BCUT2D eigenvalue weighted by molar-refractivity contribution is 8.00. The van der Waals surface area contributed by atoms with Crippen molar-refractivity contribution in [1.29, 1.82) is 0 Å². The van der Waals surface area contributed by atoms with E-state index in [2.05, 4.69) is 67.5 Å². The van der Waals surface area contributed by atoms with Crippen LogP contribution in [0.15, 0.2) is 23.3 Å². The first-order chi connectivity index (χ1) is 14.0. The smallest absolute Gasteiger partial charge is 0.304 e. The minimum atomic E-state index is -0.516. The SMILES string of the molecule is CC(=O)OC(C=C1C(C)(C)CCC1(C)C)SC(C=C1C(C)(C)CCC1(C)C)OC(C)=O. The van der Waals surface area contributed by atoms with E-state index in [1.54, 1.807) is 0 Å². The van der Waals surface area contributed by atoms with E-state index in [1.807, 2.05) is 0 Å². The summed E-state index contributed by atoms with van der Waals surface area (Å²) in [6.45, 7) is 20.8. The van der Waals surface area contributed by atoms with Crippen LogP contribution in [-0.2, 0) is 19.1 Å². The van der Waals surface area contributed by atoms with Crippen LogP contribution in [0.4, 0.5) is 0 Å². The Morgan fingerprint density at radius 3 is 1.16 bits per heavy atom. The monoisotopic (exact) mass is 450 g/mol. The fraction of sp³-hybridized carbons (Fsp3) is 0.769. The van der Waals surface area contributed by atoms with Gasteiger partial charge in [-0.15, -0.1) is 0 Å². The quantitative estimate of drug-likeness (QED) is 0.247. The largest absolute Gasteiger partial charge is 0.447 e. The topological polar surface area (TPSA) is 52.6 Å². The molecule has 2 rings (SSSR count). The third kappa shape index (κ3) is 6.40. The molecule has 2 aliphatic carbocycles. The summed E-state index contributed by atoms with van der Waals surface area (Å²) < 4.78 is 11.4. The molecule has 0 aliphatic heterocycles. The first kappa shape index (κ1) is 26.0. The average Bonchev–Trinajstić information content (AvgIpc) is 2.91. The third-order valence-corrected chi connectivity index (χ3v) is 8.11. The van der Waals surface area contributed by atoms with Gasteiger partial charge in [0.15, 0.2) is 10.9 Å². The van der Waals surface area contributed by atoms with Crippen molar-refractivity contribution in [2.45, 2.75) is 106 Å². The maximum atomic E-state index is 11.9. The van der Waals surface area contributed by atoms with Crippen molar-refractivity contribution >= 4 is 23.7 Å². The van der Waals surface area contributed by atoms with Crippen molar-refractivity contribution in [3.8, 4) is 0 Å². The maximum Gasteiger partial charge on any atom is 0.304 e. The highest BCUT2D eigenvalue weighted by Gasteiger charge is 2.44. The normalized spacial score (nSPS) is 25.0. The molecule has 0 aromatic carbocycles. The van der Waals surface area contributed by atoms with E-state index >= 15 is 0 Å². The van der Waals surface area contributed by atoms with Gasteiger partial charge in [0.25, 0.3) is 0 Å². The van der Waals surface area contributed by atoms with E-state index in [4.69, 9.17) is 9.47 Å². The third-order valence-electron chi connectivity index (χ3n) is 7.10. The Labute approximate surface area is 193 Å². The van der Waals surface area contributed by atoms with Crippen molar-refractivity contribution in [3.05, 3.63) is 23.3 Å². The van der Waals surface area contributed by atoms with Crippen LogP contribution < -0.4 is 0 Å². The molecule has 31 heavy (non-hydrogen) atoms. The van der Waals surface area contributed by atoms with E-state index in [9.17, 15) is 9.59 Å².